The van der Waals surface area contributed by atoms with Gasteiger partial charge in [0.2, 0.25) is 0 Å². The molecule has 4 aromatic rings. The van der Waals surface area contributed by atoms with Crippen molar-refractivity contribution < 1.29 is 18.7 Å². The molecule has 3 heterocycles. The third-order valence-corrected chi connectivity index (χ3v) is 6.39. The topological polar surface area (TPSA) is 78.4 Å². The fraction of sp³-hybridized carbons (Fsp3) is 0.125. The molecule has 5 rings (SSSR count). The first-order valence-electron chi connectivity index (χ1n) is 10.2. The van der Waals surface area contributed by atoms with Crippen molar-refractivity contribution in [3.63, 3.8) is 0 Å². The second-order valence-electron chi connectivity index (χ2n) is 7.59. The highest BCUT2D eigenvalue weighted by Gasteiger charge is 2.23. The summed E-state index contributed by atoms with van der Waals surface area (Å²) in [7, 11) is 0. The monoisotopic (exact) mass is 464 g/mol. The normalized spacial score (nSPS) is 13.0. The number of hydrogen-bond acceptors (Lipinski definition) is 6. The number of benzene rings is 2. The summed E-state index contributed by atoms with van der Waals surface area (Å²) in [4.78, 5) is 19.2. The second-order valence-corrected chi connectivity index (χ2v) is 8.37. The molecule has 0 bridgehead atoms. The maximum atomic E-state index is 14.2. The van der Waals surface area contributed by atoms with Crippen LogP contribution < -0.4 is 10.2 Å². The Morgan fingerprint density at radius 2 is 1.82 bits per heavy atom. The van der Waals surface area contributed by atoms with Crippen molar-refractivity contribution in [2.75, 3.05) is 16.8 Å². The zero-order valence-electron chi connectivity index (χ0n) is 17.3. The first-order chi connectivity index (χ1) is 16.0. The number of nitrogens with zero attached hydrogens (tertiary/aromatic N) is 3. The summed E-state index contributed by atoms with van der Waals surface area (Å²) in [6.07, 6.45) is 2.24. The number of fused-ring (bicyclic) bond motifs is 1. The van der Waals surface area contributed by atoms with Crippen molar-refractivity contribution in [3.8, 4) is 17.0 Å². The molecule has 2 N–H and O–H groups in total. The van der Waals surface area contributed by atoms with E-state index in [1.165, 1.54) is 35.8 Å². The Kier molecular flexibility index (Phi) is 5.47. The number of aromatic nitrogens is 2. The van der Waals surface area contributed by atoms with Crippen LogP contribution in [0.1, 0.15) is 21.6 Å². The largest absolute Gasteiger partial charge is 0.508 e. The lowest BCUT2D eigenvalue weighted by atomic mass is 9.99. The number of nitrogens with one attached hydrogen (secondary N) is 1. The number of phenols is 1. The number of halogens is 2. The molecule has 2 aromatic carbocycles. The van der Waals surface area contributed by atoms with Crippen LogP contribution in [-0.4, -0.2) is 26.9 Å². The average Bonchev–Trinajstić information content (AvgIpc) is 3.27. The van der Waals surface area contributed by atoms with Crippen LogP contribution in [0.5, 0.6) is 5.75 Å². The van der Waals surface area contributed by atoms with Gasteiger partial charge in [0.05, 0.1) is 23.1 Å². The van der Waals surface area contributed by atoms with Gasteiger partial charge in [0, 0.05) is 18.7 Å². The molecule has 166 valence electrons. The van der Waals surface area contributed by atoms with Crippen molar-refractivity contribution >= 4 is 28.1 Å². The lowest BCUT2D eigenvalue weighted by Crippen LogP contribution is -2.30. The Morgan fingerprint density at radius 3 is 2.64 bits per heavy atom. The average molecular weight is 464 g/mol. The van der Waals surface area contributed by atoms with Crippen LogP contribution in [0.4, 0.5) is 19.5 Å². The molecular weight excluding hydrogens is 446 g/mol. The molecule has 0 spiro atoms. The number of carbonyl (C=O) groups is 1. The van der Waals surface area contributed by atoms with Gasteiger partial charge in [-0.2, -0.15) is 4.37 Å². The number of hydrogen-bond donors (Lipinski definition) is 2. The Bertz CT molecular complexity index is 1340. The quantitative estimate of drug-likeness (QED) is 0.444. The van der Waals surface area contributed by atoms with Gasteiger partial charge >= 0.3 is 0 Å². The van der Waals surface area contributed by atoms with Gasteiger partial charge in [-0.3, -0.25) is 4.79 Å². The molecule has 2 aromatic heterocycles. The third kappa shape index (κ3) is 4.03. The van der Waals surface area contributed by atoms with Gasteiger partial charge in [-0.1, -0.05) is 24.3 Å². The van der Waals surface area contributed by atoms with Crippen LogP contribution in [-0.2, 0) is 13.0 Å². The van der Waals surface area contributed by atoms with Gasteiger partial charge in [0.25, 0.3) is 5.91 Å². The van der Waals surface area contributed by atoms with Crippen molar-refractivity contribution in [3.05, 3.63) is 89.2 Å². The molecule has 0 atom stereocenters. The van der Waals surface area contributed by atoms with Crippen molar-refractivity contribution in [1.82, 2.24) is 9.36 Å². The van der Waals surface area contributed by atoms with E-state index in [1.807, 2.05) is 12.1 Å². The van der Waals surface area contributed by atoms with E-state index in [4.69, 9.17) is 0 Å². The zero-order valence-corrected chi connectivity index (χ0v) is 18.1. The lowest BCUT2D eigenvalue weighted by molar-refractivity contribution is 0.102. The number of aromatic hydroxyl groups is 1. The van der Waals surface area contributed by atoms with Crippen LogP contribution in [0.25, 0.3) is 11.3 Å². The summed E-state index contributed by atoms with van der Waals surface area (Å²) < 4.78 is 32.5. The highest BCUT2D eigenvalue weighted by Crippen LogP contribution is 2.36. The number of anilines is 2. The standard InChI is InChI=1S/C24H18F2N4O2S/c25-16-5-2-6-17(26)22(16)18-7-3-8-19(28-18)23(32)29-20-12-27-33-24(20)30-11-10-15-14(13-30)4-1-9-21(15)31/h1-9,12,31H,10-11,13H2,(H,29,32). The van der Waals surface area contributed by atoms with E-state index in [1.54, 1.807) is 12.3 Å². The van der Waals surface area contributed by atoms with Gasteiger partial charge in [-0.05, 0) is 53.8 Å². The fourth-order valence-electron chi connectivity index (χ4n) is 3.94. The van der Waals surface area contributed by atoms with Gasteiger partial charge in [-0.15, -0.1) is 0 Å². The Labute approximate surface area is 192 Å². The minimum atomic E-state index is -0.749. The highest BCUT2D eigenvalue weighted by atomic mass is 32.1. The smallest absolute Gasteiger partial charge is 0.274 e. The van der Waals surface area contributed by atoms with Crippen molar-refractivity contribution in [2.24, 2.45) is 0 Å². The van der Waals surface area contributed by atoms with E-state index < -0.39 is 17.5 Å². The molecule has 0 radical (unpaired) electrons. The first kappa shape index (κ1) is 21.0. The van der Waals surface area contributed by atoms with E-state index in [-0.39, 0.29) is 17.0 Å². The fourth-order valence-corrected chi connectivity index (χ4v) is 4.67. The Hall–Kier alpha value is -3.85. The number of carbonyl (C=O) groups excluding carboxylic acids is 1. The Balaban J connectivity index is 1.38. The van der Waals surface area contributed by atoms with Crippen LogP contribution >= 0.6 is 11.5 Å². The lowest BCUT2D eigenvalue weighted by Gasteiger charge is -2.30. The van der Waals surface area contributed by atoms with Crippen LogP contribution in [0.15, 0.2) is 60.8 Å². The molecule has 0 aliphatic carbocycles. The minimum absolute atomic E-state index is 0.0289. The predicted molar refractivity (Wildman–Crippen MR) is 123 cm³/mol. The number of amides is 1. The van der Waals surface area contributed by atoms with E-state index in [9.17, 15) is 18.7 Å². The maximum Gasteiger partial charge on any atom is 0.274 e. The van der Waals surface area contributed by atoms with Gasteiger partial charge < -0.3 is 15.3 Å². The Morgan fingerprint density at radius 1 is 1.06 bits per heavy atom. The summed E-state index contributed by atoms with van der Waals surface area (Å²) in [5.41, 5.74) is 2.27. The molecule has 0 fully saturated rings. The molecule has 0 unspecified atom stereocenters. The van der Waals surface area contributed by atoms with Gasteiger partial charge in [-0.25, -0.2) is 13.8 Å². The molecular formula is C24H18F2N4O2S. The first-order valence-corrected chi connectivity index (χ1v) is 11.0. The van der Waals surface area contributed by atoms with Crippen molar-refractivity contribution in [1.29, 1.82) is 0 Å². The predicted octanol–water partition coefficient (Wildman–Crippen LogP) is 5.00. The third-order valence-electron chi connectivity index (χ3n) is 5.53. The summed E-state index contributed by atoms with van der Waals surface area (Å²) in [6.45, 7) is 1.24. The van der Waals surface area contributed by atoms with Gasteiger partial charge in [0.15, 0.2) is 0 Å². The highest BCUT2D eigenvalue weighted by molar-refractivity contribution is 7.11. The molecule has 33 heavy (non-hydrogen) atoms. The molecule has 1 amide bonds. The molecule has 0 saturated heterocycles. The summed E-state index contributed by atoms with van der Waals surface area (Å²) in [6, 6.07) is 13.5. The number of phenolic OH excluding ortho intramolecular Hbond substituents is 1. The van der Waals surface area contributed by atoms with E-state index in [0.29, 0.717) is 30.9 Å². The van der Waals surface area contributed by atoms with E-state index in [0.717, 1.165) is 28.3 Å². The second kappa shape index (κ2) is 8.59. The molecule has 0 saturated carbocycles. The SMILES string of the molecule is O=C(Nc1cnsc1N1CCc2c(O)cccc2C1)c1cccc(-c2c(F)cccc2F)n1. The van der Waals surface area contributed by atoms with Crippen molar-refractivity contribution in [2.45, 2.75) is 13.0 Å². The molecule has 1 aliphatic rings. The van der Waals surface area contributed by atoms with Crippen LogP contribution in [0.3, 0.4) is 0 Å². The summed E-state index contributed by atoms with van der Waals surface area (Å²) in [5.74, 6) is -1.71. The van der Waals surface area contributed by atoms with Gasteiger partial charge in [0.1, 0.15) is 28.1 Å². The molecule has 1 aliphatic heterocycles. The minimum Gasteiger partial charge on any atom is -0.508 e. The molecule has 9 heteroatoms. The number of rotatable bonds is 4. The summed E-state index contributed by atoms with van der Waals surface area (Å²) >= 11 is 1.26. The van der Waals surface area contributed by atoms with Crippen LogP contribution in [0.2, 0.25) is 0 Å². The van der Waals surface area contributed by atoms with Crippen LogP contribution in [0, 0.1) is 11.6 Å². The number of pyridine rings is 1. The summed E-state index contributed by atoms with van der Waals surface area (Å²) in [5, 5.41) is 13.7. The zero-order chi connectivity index (χ0) is 22.9. The molecule has 6 nitrogen and oxygen atoms in total. The van der Waals surface area contributed by atoms with E-state index >= 15 is 0 Å². The van der Waals surface area contributed by atoms with E-state index in [2.05, 4.69) is 19.6 Å². The maximum absolute atomic E-state index is 14.2.